The summed E-state index contributed by atoms with van der Waals surface area (Å²) in [7, 11) is 4.16. The van der Waals surface area contributed by atoms with E-state index in [0.29, 0.717) is 13.2 Å². The lowest BCUT2D eigenvalue weighted by molar-refractivity contribution is 0.106. The molecule has 0 aliphatic carbocycles. The molecule has 0 bridgehead atoms. The molecule has 4 heteroatoms. The Bertz CT molecular complexity index is 317. The summed E-state index contributed by atoms with van der Waals surface area (Å²) in [5.74, 6) is 0.799. The second kappa shape index (κ2) is 9.78. The molecular weight excluding hydrogens is 240 g/mol. The molecule has 1 rings (SSSR count). The molecule has 4 nitrogen and oxygen atoms in total. The highest BCUT2D eigenvalue weighted by Crippen LogP contribution is 2.08. The zero-order valence-corrected chi connectivity index (χ0v) is 12.0. The van der Waals surface area contributed by atoms with Crippen molar-refractivity contribution in [2.45, 2.75) is 18.9 Å². The Morgan fingerprint density at radius 2 is 1.95 bits per heavy atom. The minimum atomic E-state index is -0.464. The van der Waals surface area contributed by atoms with Crippen LogP contribution in [0.3, 0.4) is 0 Å². The molecule has 1 unspecified atom stereocenters. The van der Waals surface area contributed by atoms with E-state index in [4.69, 9.17) is 4.74 Å². The van der Waals surface area contributed by atoms with Crippen LogP contribution in [0.25, 0.3) is 0 Å². The third kappa shape index (κ3) is 8.59. The molecule has 0 saturated heterocycles. The molecule has 0 radical (unpaired) electrons. The van der Waals surface area contributed by atoms with E-state index < -0.39 is 6.10 Å². The van der Waals surface area contributed by atoms with Gasteiger partial charge in [-0.05, 0) is 52.2 Å². The van der Waals surface area contributed by atoms with Gasteiger partial charge in [0, 0.05) is 6.54 Å². The van der Waals surface area contributed by atoms with Crippen LogP contribution in [0.1, 0.15) is 12.8 Å². The molecule has 108 valence electrons. The fourth-order valence-corrected chi connectivity index (χ4v) is 1.71. The van der Waals surface area contributed by atoms with Gasteiger partial charge in [0.2, 0.25) is 0 Å². The van der Waals surface area contributed by atoms with Gasteiger partial charge in [0.25, 0.3) is 0 Å². The Labute approximate surface area is 116 Å². The maximum atomic E-state index is 9.76. The van der Waals surface area contributed by atoms with Crippen molar-refractivity contribution < 1.29 is 9.84 Å². The number of rotatable bonds is 10. The van der Waals surface area contributed by atoms with Crippen LogP contribution in [-0.4, -0.2) is 56.4 Å². The van der Waals surface area contributed by atoms with Crippen molar-refractivity contribution in [2.24, 2.45) is 0 Å². The molecule has 19 heavy (non-hydrogen) atoms. The van der Waals surface area contributed by atoms with Crippen LogP contribution in [0.2, 0.25) is 0 Å². The van der Waals surface area contributed by atoms with Gasteiger partial charge >= 0.3 is 0 Å². The number of aliphatic hydroxyl groups is 1. The lowest BCUT2D eigenvalue weighted by Crippen LogP contribution is -2.32. The average Bonchev–Trinajstić information content (AvgIpc) is 2.41. The number of nitrogens with zero attached hydrogens (tertiary/aromatic N) is 1. The van der Waals surface area contributed by atoms with Crippen molar-refractivity contribution in [1.29, 1.82) is 0 Å². The summed E-state index contributed by atoms with van der Waals surface area (Å²) in [4.78, 5) is 2.18. The zero-order chi connectivity index (χ0) is 13.9. The van der Waals surface area contributed by atoms with Crippen LogP contribution >= 0.6 is 0 Å². The van der Waals surface area contributed by atoms with Crippen LogP contribution in [0.5, 0.6) is 5.75 Å². The molecule has 0 aliphatic heterocycles. The van der Waals surface area contributed by atoms with E-state index in [-0.39, 0.29) is 0 Å². The number of para-hydroxylation sites is 1. The second-order valence-corrected chi connectivity index (χ2v) is 4.99. The summed E-state index contributed by atoms with van der Waals surface area (Å²) >= 11 is 0. The predicted octanol–water partition coefficient (Wildman–Crippen LogP) is 1.36. The van der Waals surface area contributed by atoms with Crippen LogP contribution < -0.4 is 10.1 Å². The largest absolute Gasteiger partial charge is 0.491 e. The minimum absolute atomic E-state index is 0.328. The number of hydrogen-bond acceptors (Lipinski definition) is 4. The minimum Gasteiger partial charge on any atom is -0.491 e. The summed E-state index contributed by atoms with van der Waals surface area (Å²) in [6.07, 6.45) is 1.84. The summed E-state index contributed by atoms with van der Waals surface area (Å²) in [6, 6.07) is 9.57. The first-order chi connectivity index (χ1) is 9.18. The van der Waals surface area contributed by atoms with Gasteiger partial charge in [0.1, 0.15) is 18.5 Å². The first-order valence-electron chi connectivity index (χ1n) is 6.90. The van der Waals surface area contributed by atoms with Gasteiger partial charge in [0.15, 0.2) is 0 Å². The van der Waals surface area contributed by atoms with Crippen LogP contribution in [0.15, 0.2) is 30.3 Å². The molecule has 0 fully saturated rings. The standard InChI is InChI=1S/C15H26N2O2/c1-17(2)11-7-6-10-16-12-14(18)13-19-15-8-4-3-5-9-15/h3-5,8-9,14,16,18H,6-7,10-13H2,1-2H3. The highest BCUT2D eigenvalue weighted by Gasteiger charge is 2.04. The Kier molecular flexibility index (Phi) is 8.21. The van der Waals surface area contributed by atoms with Gasteiger partial charge in [-0.25, -0.2) is 0 Å². The number of aliphatic hydroxyl groups excluding tert-OH is 1. The molecule has 0 amide bonds. The van der Waals surface area contributed by atoms with Crippen LogP contribution in [0, 0.1) is 0 Å². The van der Waals surface area contributed by atoms with Crippen molar-refractivity contribution in [3.63, 3.8) is 0 Å². The van der Waals surface area contributed by atoms with Crippen molar-refractivity contribution in [2.75, 3.05) is 40.3 Å². The number of hydrogen-bond donors (Lipinski definition) is 2. The van der Waals surface area contributed by atoms with Gasteiger partial charge < -0.3 is 20.1 Å². The molecule has 0 heterocycles. The van der Waals surface area contributed by atoms with Gasteiger partial charge in [-0.3, -0.25) is 0 Å². The molecular formula is C15H26N2O2. The van der Waals surface area contributed by atoms with E-state index in [1.165, 1.54) is 6.42 Å². The second-order valence-electron chi connectivity index (χ2n) is 4.99. The van der Waals surface area contributed by atoms with E-state index in [0.717, 1.165) is 25.3 Å². The fraction of sp³-hybridized carbons (Fsp3) is 0.600. The lowest BCUT2D eigenvalue weighted by atomic mass is 10.3. The Morgan fingerprint density at radius 3 is 2.63 bits per heavy atom. The molecule has 0 saturated carbocycles. The number of benzene rings is 1. The highest BCUT2D eigenvalue weighted by molar-refractivity contribution is 5.20. The van der Waals surface area contributed by atoms with Gasteiger partial charge in [-0.15, -0.1) is 0 Å². The molecule has 1 atom stereocenters. The van der Waals surface area contributed by atoms with E-state index in [1.807, 2.05) is 30.3 Å². The predicted molar refractivity (Wildman–Crippen MR) is 78.6 cm³/mol. The topological polar surface area (TPSA) is 44.7 Å². The average molecular weight is 266 g/mol. The molecule has 0 aliphatic rings. The van der Waals surface area contributed by atoms with Crippen LogP contribution in [-0.2, 0) is 0 Å². The third-order valence-electron chi connectivity index (χ3n) is 2.77. The SMILES string of the molecule is CN(C)CCCCNCC(O)COc1ccccc1. The molecule has 2 N–H and O–H groups in total. The van der Waals surface area contributed by atoms with Crippen molar-refractivity contribution >= 4 is 0 Å². The fourth-order valence-electron chi connectivity index (χ4n) is 1.71. The van der Waals surface area contributed by atoms with Gasteiger partial charge in [0.05, 0.1) is 0 Å². The smallest absolute Gasteiger partial charge is 0.119 e. The third-order valence-corrected chi connectivity index (χ3v) is 2.77. The maximum Gasteiger partial charge on any atom is 0.119 e. The quantitative estimate of drug-likeness (QED) is 0.628. The van der Waals surface area contributed by atoms with Crippen molar-refractivity contribution in [1.82, 2.24) is 10.2 Å². The van der Waals surface area contributed by atoms with Crippen molar-refractivity contribution in [3.05, 3.63) is 30.3 Å². The number of unbranched alkanes of at least 4 members (excludes halogenated alkanes) is 1. The lowest BCUT2D eigenvalue weighted by Gasteiger charge is -2.13. The number of nitrogens with one attached hydrogen (secondary N) is 1. The van der Waals surface area contributed by atoms with E-state index >= 15 is 0 Å². The Balaban J connectivity index is 1.98. The zero-order valence-electron chi connectivity index (χ0n) is 12.0. The van der Waals surface area contributed by atoms with E-state index in [9.17, 15) is 5.11 Å². The summed E-state index contributed by atoms with van der Waals surface area (Å²) in [5, 5.41) is 13.0. The van der Waals surface area contributed by atoms with E-state index in [1.54, 1.807) is 0 Å². The normalized spacial score (nSPS) is 12.6. The first kappa shape index (κ1) is 16.0. The highest BCUT2D eigenvalue weighted by atomic mass is 16.5. The summed E-state index contributed by atoms with van der Waals surface area (Å²) in [5.41, 5.74) is 0. The molecule has 0 aromatic heterocycles. The Hall–Kier alpha value is -1.10. The van der Waals surface area contributed by atoms with E-state index in [2.05, 4.69) is 24.3 Å². The van der Waals surface area contributed by atoms with Crippen molar-refractivity contribution in [3.8, 4) is 5.75 Å². The summed E-state index contributed by atoms with van der Waals surface area (Å²) < 4.78 is 5.48. The molecule has 0 spiro atoms. The Morgan fingerprint density at radius 1 is 1.21 bits per heavy atom. The maximum absolute atomic E-state index is 9.76. The molecule has 1 aromatic carbocycles. The molecule has 1 aromatic rings. The first-order valence-corrected chi connectivity index (χ1v) is 6.90. The summed E-state index contributed by atoms with van der Waals surface area (Å²) in [6.45, 7) is 2.96. The monoisotopic (exact) mass is 266 g/mol. The van der Waals surface area contributed by atoms with Gasteiger partial charge in [-0.2, -0.15) is 0 Å². The van der Waals surface area contributed by atoms with Crippen LogP contribution in [0.4, 0.5) is 0 Å². The van der Waals surface area contributed by atoms with Gasteiger partial charge in [-0.1, -0.05) is 18.2 Å². The number of ether oxygens (including phenoxy) is 1.